The Hall–Kier alpha value is -2.89. The SMILES string of the molecule is COc1ccc(CNc2cc(C(=O)O)ccc2C)c(OC)c1OC. The Morgan fingerprint density at radius 1 is 1.04 bits per heavy atom. The van der Waals surface area contributed by atoms with Crippen LogP contribution in [0.2, 0.25) is 0 Å². The Balaban J connectivity index is 2.29. The molecule has 0 spiro atoms. The highest BCUT2D eigenvalue weighted by molar-refractivity contribution is 5.89. The van der Waals surface area contributed by atoms with Crippen LogP contribution in [-0.4, -0.2) is 32.4 Å². The summed E-state index contributed by atoms with van der Waals surface area (Å²) in [6.07, 6.45) is 0. The lowest BCUT2D eigenvalue weighted by Gasteiger charge is -2.17. The van der Waals surface area contributed by atoms with E-state index in [0.717, 1.165) is 16.8 Å². The third kappa shape index (κ3) is 3.53. The van der Waals surface area contributed by atoms with Crippen molar-refractivity contribution in [2.45, 2.75) is 13.5 Å². The van der Waals surface area contributed by atoms with E-state index >= 15 is 0 Å². The minimum atomic E-state index is -0.957. The van der Waals surface area contributed by atoms with Crippen LogP contribution < -0.4 is 19.5 Å². The van der Waals surface area contributed by atoms with Gasteiger partial charge in [0.05, 0.1) is 26.9 Å². The van der Waals surface area contributed by atoms with Crippen LogP contribution in [0.1, 0.15) is 21.5 Å². The molecule has 0 saturated heterocycles. The number of aryl methyl sites for hydroxylation is 1. The van der Waals surface area contributed by atoms with Crippen LogP contribution in [0.4, 0.5) is 5.69 Å². The first-order chi connectivity index (χ1) is 11.5. The Bertz CT molecular complexity index is 742. The second-order valence-corrected chi connectivity index (χ2v) is 5.18. The van der Waals surface area contributed by atoms with Crippen LogP contribution in [0.5, 0.6) is 17.2 Å². The number of nitrogens with one attached hydrogen (secondary N) is 1. The standard InChI is InChI=1S/C18H21NO5/c1-11-5-6-12(18(20)21)9-14(11)19-10-13-7-8-15(22-2)17(24-4)16(13)23-3/h5-9,19H,10H2,1-4H3,(H,20,21). The molecule has 0 unspecified atom stereocenters. The van der Waals surface area contributed by atoms with Crippen molar-refractivity contribution in [2.24, 2.45) is 0 Å². The number of carbonyl (C=O) groups is 1. The molecule has 0 heterocycles. The summed E-state index contributed by atoms with van der Waals surface area (Å²) >= 11 is 0. The van der Waals surface area contributed by atoms with E-state index in [0.29, 0.717) is 23.8 Å². The summed E-state index contributed by atoms with van der Waals surface area (Å²) in [6.45, 7) is 2.37. The molecule has 0 aliphatic carbocycles. The van der Waals surface area contributed by atoms with E-state index in [4.69, 9.17) is 19.3 Å². The van der Waals surface area contributed by atoms with E-state index in [2.05, 4.69) is 5.32 Å². The van der Waals surface area contributed by atoms with Crippen molar-refractivity contribution in [1.82, 2.24) is 0 Å². The Morgan fingerprint density at radius 2 is 1.75 bits per heavy atom. The van der Waals surface area contributed by atoms with Crippen LogP contribution in [0.3, 0.4) is 0 Å². The van der Waals surface area contributed by atoms with Gasteiger partial charge < -0.3 is 24.6 Å². The maximum absolute atomic E-state index is 11.1. The first kappa shape index (κ1) is 17.5. The average molecular weight is 331 g/mol. The second-order valence-electron chi connectivity index (χ2n) is 5.18. The molecule has 0 bridgehead atoms. The molecule has 0 aliphatic rings. The number of benzene rings is 2. The van der Waals surface area contributed by atoms with E-state index in [1.54, 1.807) is 45.6 Å². The highest BCUT2D eigenvalue weighted by atomic mass is 16.5. The average Bonchev–Trinajstić information content (AvgIpc) is 2.59. The molecule has 0 radical (unpaired) electrons. The van der Waals surface area contributed by atoms with Gasteiger partial charge in [0.25, 0.3) is 0 Å². The molecule has 0 atom stereocenters. The van der Waals surface area contributed by atoms with Crippen LogP contribution >= 0.6 is 0 Å². The number of anilines is 1. The number of carboxylic acid groups (broad SMARTS) is 1. The molecule has 0 amide bonds. The summed E-state index contributed by atoms with van der Waals surface area (Å²) in [7, 11) is 4.69. The fourth-order valence-corrected chi connectivity index (χ4v) is 2.44. The summed E-state index contributed by atoms with van der Waals surface area (Å²) in [5, 5.41) is 12.4. The smallest absolute Gasteiger partial charge is 0.335 e. The Labute approximate surface area is 141 Å². The van der Waals surface area contributed by atoms with Crippen molar-refractivity contribution in [2.75, 3.05) is 26.6 Å². The monoisotopic (exact) mass is 331 g/mol. The number of methoxy groups -OCH3 is 3. The van der Waals surface area contributed by atoms with E-state index < -0.39 is 5.97 Å². The minimum absolute atomic E-state index is 0.238. The maximum Gasteiger partial charge on any atom is 0.335 e. The maximum atomic E-state index is 11.1. The number of carboxylic acids is 1. The highest BCUT2D eigenvalue weighted by Crippen LogP contribution is 2.40. The number of hydrogen-bond acceptors (Lipinski definition) is 5. The van der Waals surface area contributed by atoms with Crippen LogP contribution in [-0.2, 0) is 6.54 Å². The molecule has 128 valence electrons. The van der Waals surface area contributed by atoms with Crippen molar-refractivity contribution in [3.05, 3.63) is 47.0 Å². The van der Waals surface area contributed by atoms with Gasteiger partial charge in [0.2, 0.25) is 5.75 Å². The topological polar surface area (TPSA) is 77.0 Å². The summed E-state index contributed by atoms with van der Waals surface area (Å²) < 4.78 is 16.1. The lowest BCUT2D eigenvalue weighted by Crippen LogP contribution is -2.06. The van der Waals surface area contributed by atoms with Gasteiger partial charge >= 0.3 is 5.97 Å². The third-order valence-electron chi connectivity index (χ3n) is 3.74. The molecular weight excluding hydrogens is 310 g/mol. The van der Waals surface area contributed by atoms with Crippen molar-refractivity contribution in [1.29, 1.82) is 0 Å². The quantitative estimate of drug-likeness (QED) is 0.810. The first-order valence-electron chi connectivity index (χ1n) is 7.37. The minimum Gasteiger partial charge on any atom is -0.493 e. The van der Waals surface area contributed by atoms with Crippen molar-refractivity contribution in [3.8, 4) is 17.2 Å². The van der Waals surface area contributed by atoms with Crippen molar-refractivity contribution in [3.63, 3.8) is 0 Å². The van der Waals surface area contributed by atoms with Gasteiger partial charge in [-0.05, 0) is 36.8 Å². The molecular formula is C18H21NO5. The Kier molecular flexibility index (Phi) is 5.52. The van der Waals surface area contributed by atoms with Crippen LogP contribution in [0, 0.1) is 6.92 Å². The highest BCUT2D eigenvalue weighted by Gasteiger charge is 2.16. The lowest BCUT2D eigenvalue weighted by atomic mass is 10.1. The van der Waals surface area contributed by atoms with Gasteiger partial charge in [-0.15, -0.1) is 0 Å². The molecule has 6 nitrogen and oxygen atoms in total. The Morgan fingerprint density at radius 3 is 2.33 bits per heavy atom. The molecule has 0 aromatic heterocycles. The predicted octanol–water partition coefficient (Wildman–Crippen LogP) is 3.33. The van der Waals surface area contributed by atoms with Gasteiger partial charge in [-0.25, -0.2) is 4.79 Å². The zero-order valence-electron chi connectivity index (χ0n) is 14.2. The number of hydrogen-bond donors (Lipinski definition) is 2. The predicted molar refractivity (Wildman–Crippen MR) is 91.6 cm³/mol. The molecule has 2 N–H and O–H groups in total. The lowest BCUT2D eigenvalue weighted by molar-refractivity contribution is 0.0697. The summed E-state index contributed by atoms with van der Waals surface area (Å²) in [5.74, 6) is 0.732. The van der Waals surface area contributed by atoms with E-state index in [-0.39, 0.29) is 5.56 Å². The van der Waals surface area contributed by atoms with E-state index in [1.165, 1.54) is 0 Å². The third-order valence-corrected chi connectivity index (χ3v) is 3.74. The number of aromatic carboxylic acids is 1. The molecule has 2 aromatic carbocycles. The van der Waals surface area contributed by atoms with Crippen molar-refractivity contribution < 1.29 is 24.1 Å². The van der Waals surface area contributed by atoms with E-state index in [1.807, 2.05) is 13.0 Å². The summed E-state index contributed by atoms with van der Waals surface area (Å²) in [4.78, 5) is 11.1. The first-order valence-corrected chi connectivity index (χ1v) is 7.37. The normalized spacial score (nSPS) is 10.2. The molecule has 6 heteroatoms. The second kappa shape index (κ2) is 7.59. The molecule has 2 aromatic rings. The fourth-order valence-electron chi connectivity index (χ4n) is 2.44. The van der Waals surface area contributed by atoms with Gasteiger partial charge in [0.1, 0.15) is 0 Å². The molecule has 24 heavy (non-hydrogen) atoms. The van der Waals surface area contributed by atoms with Crippen LogP contribution in [0.15, 0.2) is 30.3 Å². The van der Waals surface area contributed by atoms with Gasteiger partial charge in [-0.3, -0.25) is 0 Å². The fraction of sp³-hybridized carbons (Fsp3) is 0.278. The van der Waals surface area contributed by atoms with Crippen LogP contribution in [0.25, 0.3) is 0 Å². The molecule has 0 saturated carbocycles. The van der Waals surface area contributed by atoms with Gasteiger partial charge in [0.15, 0.2) is 11.5 Å². The van der Waals surface area contributed by atoms with Gasteiger partial charge in [0, 0.05) is 17.8 Å². The molecule has 0 aliphatic heterocycles. The number of ether oxygens (including phenoxy) is 3. The largest absolute Gasteiger partial charge is 0.493 e. The molecule has 0 fully saturated rings. The zero-order chi connectivity index (χ0) is 17.7. The zero-order valence-corrected chi connectivity index (χ0v) is 14.2. The van der Waals surface area contributed by atoms with Gasteiger partial charge in [-0.2, -0.15) is 0 Å². The number of rotatable bonds is 7. The van der Waals surface area contributed by atoms with Crippen molar-refractivity contribution >= 4 is 11.7 Å². The van der Waals surface area contributed by atoms with E-state index in [9.17, 15) is 4.79 Å². The molecule has 2 rings (SSSR count). The van der Waals surface area contributed by atoms with Gasteiger partial charge in [-0.1, -0.05) is 6.07 Å². The summed E-state index contributed by atoms with van der Waals surface area (Å²) in [5.41, 5.74) is 2.82. The summed E-state index contributed by atoms with van der Waals surface area (Å²) in [6, 6.07) is 8.66.